The summed E-state index contributed by atoms with van der Waals surface area (Å²) in [4.78, 5) is 14.3. The van der Waals surface area contributed by atoms with Gasteiger partial charge in [0.25, 0.3) is 0 Å². The van der Waals surface area contributed by atoms with Crippen molar-refractivity contribution < 1.29 is 4.79 Å². The van der Waals surface area contributed by atoms with Gasteiger partial charge in [0.1, 0.15) is 6.54 Å². The molecule has 0 unspecified atom stereocenters. The lowest BCUT2D eigenvalue weighted by Crippen LogP contribution is -2.30. The topological polar surface area (TPSA) is 63.1 Å². The Kier molecular flexibility index (Phi) is 5.37. The molecule has 6 heteroatoms. The summed E-state index contributed by atoms with van der Waals surface area (Å²) in [5.41, 5.74) is 1.37. The van der Waals surface area contributed by atoms with E-state index in [0.29, 0.717) is 5.92 Å². The molecule has 1 aliphatic rings. The molecule has 122 valence electrons. The summed E-state index contributed by atoms with van der Waals surface area (Å²) in [5.74, 6) is 0.667. The molecule has 1 saturated heterocycles. The summed E-state index contributed by atoms with van der Waals surface area (Å²) >= 11 is 0. The van der Waals surface area contributed by atoms with Crippen molar-refractivity contribution in [1.29, 1.82) is 0 Å². The van der Waals surface area contributed by atoms with Crippen molar-refractivity contribution in [2.75, 3.05) is 19.6 Å². The first-order valence-corrected chi connectivity index (χ1v) is 8.16. The summed E-state index contributed by atoms with van der Waals surface area (Å²) in [6, 6.07) is 10.6. The molecule has 1 fully saturated rings. The van der Waals surface area contributed by atoms with Crippen molar-refractivity contribution >= 4 is 5.91 Å². The molecule has 0 spiro atoms. The van der Waals surface area contributed by atoms with Gasteiger partial charge in [0.05, 0.1) is 6.20 Å². The molecule has 2 heterocycles. The van der Waals surface area contributed by atoms with Gasteiger partial charge >= 0.3 is 0 Å². The SMILES string of the molecule is O=C(Cn1ccnn1)NCC[C@@H]1CCN(Cc2ccccc2)C1. The Morgan fingerprint density at radius 3 is 2.96 bits per heavy atom. The van der Waals surface area contributed by atoms with Crippen molar-refractivity contribution in [3.05, 3.63) is 48.3 Å². The quantitative estimate of drug-likeness (QED) is 0.837. The number of carbonyl (C=O) groups is 1. The predicted molar refractivity (Wildman–Crippen MR) is 87.5 cm³/mol. The van der Waals surface area contributed by atoms with Crippen molar-refractivity contribution in [1.82, 2.24) is 25.2 Å². The van der Waals surface area contributed by atoms with Gasteiger partial charge in [-0.15, -0.1) is 5.10 Å². The zero-order valence-corrected chi connectivity index (χ0v) is 13.3. The van der Waals surface area contributed by atoms with Gasteiger partial charge in [0.15, 0.2) is 0 Å². The number of aromatic nitrogens is 3. The third-order valence-electron chi connectivity index (χ3n) is 4.27. The Labute approximate surface area is 136 Å². The van der Waals surface area contributed by atoms with E-state index >= 15 is 0 Å². The summed E-state index contributed by atoms with van der Waals surface area (Å²) < 4.78 is 1.53. The molecule has 6 nitrogen and oxygen atoms in total. The molecule has 1 N–H and O–H groups in total. The smallest absolute Gasteiger partial charge is 0.241 e. The minimum Gasteiger partial charge on any atom is -0.354 e. The highest BCUT2D eigenvalue weighted by Gasteiger charge is 2.22. The van der Waals surface area contributed by atoms with Crippen LogP contribution < -0.4 is 5.32 Å². The summed E-state index contributed by atoms with van der Waals surface area (Å²) in [6.45, 7) is 4.26. The molecule has 3 rings (SSSR count). The molecule has 23 heavy (non-hydrogen) atoms. The lowest BCUT2D eigenvalue weighted by atomic mass is 10.1. The molecule has 0 saturated carbocycles. The average molecular weight is 313 g/mol. The van der Waals surface area contributed by atoms with Crippen LogP contribution in [0.15, 0.2) is 42.7 Å². The van der Waals surface area contributed by atoms with Crippen molar-refractivity contribution in [2.24, 2.45) is 5.92 Å². The second-order valence-electron chi connectivity index (χ2n) is 6.11. The Balaban J connectivity index is 1.33. The number of benzene rings is 1. The van der Waals surface area contributed by atoms with Gasteiger partial charge in [0.2, 0.25) is 5.91 Å². The second kappa shape index (κ2) is 7.87. The number of rotatable bonds is 7. The molecular formula is C17H23N5O. The second-order valence-corrected chi connectivity index (χ2v) is 6.11. The Morgan fingerprint density at radius 1 is 1.30 bits per heavy atom. The maximum atomic E-state index is 11.8. The van der Waals surface area contributed by atoms with Crippen LogP contribution in [-0.4, -0.2) is 45.4 Å². The van der Waals surface area contributed by atoms with E-state index < -0.39 is 0 Å². The van der Waals surface area contributed by atoms with Crippen LogP contribution in [0.4, 0.5) is 0 Å². The van der Waals surface area contributed by atoms with Crippen molar-refractivity contribution in [3.63, 3.8) is 0 Å². The molecule has 1 atom stereocenters. The number of nitrogens with one attached hydrogen (secondary N) is 1. The molecule has 1 aliphatic heterocycles. The standard InChI is InChI=1S/C17H23N5O/c23-17(14-22-11-9-19-20-22)18-8-6-16-7-10-21(13-16)12-15-4-2-1-3-5-15/h1-5,9,11,16H,6-8,10,12-14H2,(H,18,23)/t16-/m1/s1. The molecule has 1 aromatic carbocycles. The maximum absolute atomic E-state index is 11.8. The van der Waals surface area contributed by atoms with Crippen LogP contribution in [0.3, 0.4) is 0 Å². The van der Waals surface area contributed by atoms with E-state index in [1.54, 1.807) is 12.4 Å². The number of hydrogen-bond acceptors (Lipinski definition) is 4. The molecule has 2 aromatic rings. The molecule has 0 radical (unpaired) electrons. The van der Waals surface area contributed by atoms with Crippen molar-refractivity contribution in [2.45, 2.75) is 25.9 Å². The van der Waals surface area contributed by atoms with E-state index in [1.165, 1.54) is 16.7 Å². The zero-order valence-electron chi connectivity index (χ0n) is 13.3. The lowest BCUT2D eigenvalue weighted by Gasteiger charge is -2.16. The molecule has 0 aliphatic carbocycles. The lowest BCUT2D eigenvalue weighted by molar-refractivity contribution is -0.121. The number of likely N-dealkylation sites (tertiary alicyclic amines) is 1. The fraction of sp³-hybridized carbons (Fsp3) is 0.471. The third-order valence-corrected chi connectivity index (χ3v) is 4.27. The first kappa shape index (κ1) is 15.7. The molecule has 1 amide bonds. The van der Waals surface area contributed by atoms with Gasteiger partial charge in [-0.25, -0.2) is 4.68 Å². The highest BCUT2D eigenvalue weighted by Crippen LogP contribution is 2.20. The van der Waals surface area contributed by atoms with Crippen LogP contribution in [0.25, 0.3) is 0 Å². The predicted octanol–water partition coefficient (Wildman–Crippen LogP) is 1.31. The van der Waals surface area contributed by atoms with E-state index in [0.717, 1.165) is 32.6 Å². The normalized spacial score (nSPS) is 18.2. The average Bonchev–Trinajstić information content (AvgIpc) is 3.21. The molecular weight excluding hydrogens is 290 g/mol. The van der Waals surface area contributed by atoms with Gasteiger partial charge < -0.3 is 5.32 Å². The van der Waals surface area contributed by atoms with Crippen LogP contribution in [0, 0.1) is 5.92 Å². The number of carbonyl (C=O) groups excluding carboxylic acids is 1. The van der Waals surface area contributed by atoms with Crippen LogP contribution in [0.1, 0.15) is 18.4 Å². The fourth-order valence-electron chi connectivity index (χ4n) is 3.07. The van der Waals surface area contributed by atoms with E-state index in [4.69, 9.17) is 0 Å². The monoisotopic (exact) mass is 313 g/mol. The van der Waals surface area contributed by atoms with Crippen LogP contribution in [-0.2, 0) is 17.9 Å². The van der Waals surface area contributed by atoms with Gasteiger partial charge in [-0.2, -0.15) is 0 Å². The van der Waals surface area contributed by atoms with E-state index in [-0.39, 0.29) is 12.5 Å². The fourth-order valence-corrected chi connectivity index (χ4v) is 3.07. The van der Waals surface area contributed by atoms with E-state index in [1.807, 2.05) is 0 Å². The Morgan fingerprint density at radius 2 is 2.17 bits per heavy atom. The minimum atomic E-state index is -0.00496. The third kappa shape index (κ3) is 4.89. The summed E-state index contributed by atoms with van der Waals surface area (Å²) in [6.07, 6.45) is 5.52. The number of nitrogens with zero attached hydrogens (tertiary/aromatic N) is 4. The van der Waals surface area contributed by atoms with Crippen LogP contribution in [0.2, 0.25) is 0 Å². The van der Waals surface area contributed by atoms with Crippen molar-refractivity contribution in [3.8, 4) is 0 Å². The first-order valence-electron chi connectivity index (χ1n) is 8.16. The largest absolute Gasteiger partial charge is 0.354 e. The molecule has 1 aromatic heterocycles. The van der Waals surface area contributed by atoms with Gasteiger partial charge in [-0.05, 0) is 30.9 Å². The van der Waals surface area contributed by atoms with E-state index in [9.17, 15) is 4.79 Å². The minimum absolute atomic E-state index is 0.00496. The summed E-state index contributed by atoms with van der Waals surface area (Å²) in [5, 5.41) is 10.4. The Bertz CT molecular complexity index is 599. The first-order chi connectivity index (χ1) is 11.3. The summed E-state index contributed by atoms with van der Waals surface area (Å²) in [7, 11) is 0. The van der Waals surface area contributed by atoms with Gasteiger partial charge in [-0.3, -0.25) is 9.69 Å². The highest BCUT2D eigenvalue weighted by molar-refractivity contribution is 5.75. The van der Waals surface area contributed by atoms with Gasteiger partial charge in [-0.1, -0.05) is 35.5 Å². The van der Waals surface area contributed by atoms with Crippen LogP contribution >= 0.6 is 0 Å². The Hall–Kier alpha value is -2.21. The number of amides is 1. The van der Waals surface area contributed by atoms with E-state index in [2.05, 4.69) is 50.9 Å². The van der Waals surface area contributed by atoms with Gasteiger partial charge in [0, 0.05) is 25.8 Å². The van der Waals surface area contributed by atoms with Crippen LogP contribution in [0.5, 0.6) is 0 Å². The highest BCUT2D eigenvalue weighted by atomic mass is 16.2. The molecule has 0 bridgehead atoms. The zero-order chi connectivity index (χ0) is 15.9. The number of hydrogen-bond donors (Lipinski definition) is 1. The maximum Gasteiger partial charge on any atom is 0.241 e.